The fourth-order valence-electron chi connectivity index (χ4n) is 4.20. The summed E-state index contributed by atoms with van der Waals surface area (Å²) in [7, 11) is -3.62. The summed E-state index contributed by atoms with van der Waals surface area (Å²) in [4.78, 5) is 0.342. The number of sulfonamides is 1. The molecule has 3 aromatic rings. The number of ether oxygens (including phenoxy) is 1. The third-order valence-electron chi connectivity index (χ3n) is 6.02. The van der Waals surface area contributed by atoms with Gasteiger partial charge in [-0.15, -0.1) is 0 Å². The van der Waals surface area contributed by atoms with Gasteiger partial charge in [-0.3, -0.25) is 0 Å². The summed E-state index contributed by atoms with van der Waals surface area (Å²) in [6.45, 7) is 4.99. The zero-order chi connectivity index (χ0) is 21.8. The predicted octanol–water partition coefficient (Wildman–Crippen LogP) is 5.35. The smallest absolute Gasteiger partial charge is 0.243 e. The minimum absolute atomic E-state index is 0.0186. The molecule has 0 saturated carbocycles. The van der Waals surface area contributed by atoms with Crippen molar-refractivity contribution in [3.63, 3.8) is 0 Å². The van der Waals surface area contributed by atoms with Gasteiger partial charge in [-0.1, -0.05) is 85.3 Å². The Morgan fingerprint density at radius 3 is 2.16 bits per heavy atom. The van der Waals surface area contributed by atoms with Crippen molar-refractivity contribution in [1.82, 2.24) is 4.31 Å². The highest BCUT2D eigenvalue weighted by Gasteiger charge is 2.41. The molecule has 0 radical (unpaired) electrons. The van der Waals surface area contributed by atoms with E-state index in [0.29, 0.717) is 24.5 Å². The number of hydrogen-bond acceptors (Lipinski definition) is 3. The van der Waals surface area contributed by atoms with E-state index >= 15 is 0 Å². The van der Waals surface area contributed by atoms with E-state index in [9.17, 15) is 8.42 Å². The lowest BCUT2D eigenvalue weighted by molar-refractivity contribution is -0.0390. The maximum Gasteiger partial charge on any atom is 0.243 e. The molecule has 0 spiro atoms. The highest BCUT2D eigenvalue weighted by atomic mass is 32.2. The summed E-state index contributed by atoms with van der Waals surface area (Å²) >= 11 is 0. The lowest BCUT2D eigenvalue weighted by atomic mass is 9.89. The van der Waals surface area contributed by atoms with Crippen molar-refractivity contribution in [2.45, 2.75) is 43.9 Å². The quantitative estimate of drug-likeness (QED) is 0.524. The molecule has 1 saturated heterocycles. The third-order valence-corrected chi connectivity index (χ3v) is 7.91. The Balaban J connectivity index is 1.62. The number of hydrogen-bond donors (Lipinski definition) is 0. The van der Waals surface area contributed by atoms with Crippen molar-refractivity contribution < 1.29 is 13.2 Å². The van der Waals surface area contributed by atoms with E-state index in [0.717, 1.165) is 16.7 Å². The second kappa shape index (κ2) is 9.35. The van der Waals surface area contributed by atoms with Crippen LogP contribution in [0.2, 0.25) is 0 Å². The largest absolute Gasteiger partial charge is 0.373 e. The number of nitrogens with zero attached hydrogens (tertiary/aromatic N) is 1. The molecule has 162 valence electrons. The lowest BCUT2D eigenvalue weighted by Gasteiger charge is -2.42. The summed E-state index contributed by atoms with van der Waals surface area (Å²) in [5, 5.41) is 0. The van der Waals surface area contributed by atoms with Crippen molar-refractivity contribution in [3.05, 3.63) is 102 Å². The maximum atomic E-state index is 13.6. The van der Waals surface area contributed by atoms with Gasteiger partial charge in [-0.2, -0.15) is 4.31 Å². The second-order valence-electron chi connectivity index (χ2n) is 8.36. The summed E-state index contributed by atoms with van der Waals surface area (Å²) in [6, 6.07) is 26.8. The normalized spacial score (nSPS) is 22.3. The second-order valence-corrected chi connectivity index (χ2v) is 10.3. The van der Waals surface area contributed by atoms with Crippen LogP contribution in [0.1, 0.15) is 36.1 Å². The van der Waals surface area contributed by atoms with Gasteiger partial charge >= 0.3 is 0 Å². The van der Waals surface area contributed by atoms with Crippen molar-refractivity contribution in [2.75, 3.05) is 6.54 Å². The Hall–Kier alpha value is -2.47. The number of piperidine rings is 1. The summed E-state index contributed by atoms with van der Waals surface area (Å²) in [5.74, 6) is 0.0869. The van der Waals surface area contributed by atoms with Gasteiger partial charge < -0.3 is 4.74 Å². The summed E-state index contributed by atoms with van der Waals surface area (Å²) in [5.41, 5.74) is 3.17. The lowest BCUT2D eigenvalue weighted by Crippen LogP contribution is -2.47. The predicted molar refractivity (Wildman–Crippen MR) is 123 cm³/mol. The molecular weight excluding hydrogens is 406 g/mol. The minimum Gasteiger partial charge on any atom is -0.373 e. The maximum absolute atomic E-state index is 13.6. The zero-order valence-electron chi connectivity index (χ0n) is 18.0. The van der Waals surface area contributed by atoms with Crippen LogP contribution in [-0.4, -0.2) is 25.4 Å². The summed E-state index contributed by atoms with van der Waals surface area (Å²) < 4.78 is 35.2. The molecule has 0 N–H and O–H groups in total. The van der Waals surface area contributed by atoms with Gasteiger partial charge in [0.1, 0.15) is 0 Å². The monoisotopic (exact) mass is 435 g/mol. The fraction of sp³-hybridized carbons (Fsp3) is 0.308. The molecule has 4 nitrogen and oxygen atoms in total. The Morgan fingerprint density at radius 2 is 1.52 bits per heavy atom. The van der Waals surface area contributed by atoms with Gasteiger partial charge in [-0.25, -0.2) is 8.42 Å². The van der Waals surface area contributed by atoms with E-state index < -0.39 is 10.0 Å². The first-order valence-corrected chi connectivity index (χ1v) is 12.2. The SMILES string of the molecule is Cc1ccc(S(=O)(=O)N2C[C@@H](C)[C@@H](OCc3ccccc3)C[C@H]2c2ccccc2)cc1. The molecule has 1 heterocycles. The van der Waals surface area contributed by atoms with Crippen LogP contribution in [0, 0.1) is 12.8 Å². The van der Waals surface area contributed by atoms with E-state index in [1.807, 2.05) is 67.6 Å². The van der Waals surface area contributed by atoms with Gasteiger partial charge in [0.25, 0.3) is 0 Å². The molecule has 0 aliphatic carbocycles. The molecule has 0 unspecified atom stereocenters. The van der Waals surface area contributed by atoms with Crippen molar-refractivity contribution >= 4 is 10.0 Å². The molecule has 3 aromatic carbocycles. The van der Waals surface area contributed by atoms with Crippen LogP contribution in [-0.2, 0) is 21.4 Å². The first-order chi connectivity index (χ1) is 14.9. The summed E-state index contributed by atoms with van der Waals surface area (Å²) in [6.07, 6.45) is 0.609. The van der Waals surface area contributed by atoms with E-state index in [4.69, 9.17) is 4.74 Å². The van der Waals surface area contributed by atoms with Crippen LogP contribution >= 0.6 is 0 Å². The molecule has 3 atom stereocenters. The van der Waals surface area contributed by atoms with E-state index in [1.54, 1.807) is 16.4 Å². The molecule has 1 aliphatic rings. The van der Waals surface area contributed by atoms with Crippen molar-refractivity contribution in [3.8, 4) is 0 Å². The first-order valence-electron chi connectivity index (χ1n) is 10.7. The van der Waals surface area contributed by atoms with Gasteiger partial charge in [0.2, 0.25) is 10.0 Å². The van der Waals surface area contributed by atoms with Crippen LogP contribution in [0.25, 0.3) is 0 Å². The van der Waals surface area contributed by atoms with E-state index in [-0.39, 0.29) is 18.1 Å². The molecule has 1 fully saturated rings. The average molecular weight is 436 g/mol. The number of benzene rings is 3. The van der Waals surface area contributed by atoms with Crippen LogP contribution in [0.4, 0.5) is 0 Å². The molecular formula is C26H29NO3S. The Morgan fingerprint density at radius 1 is 0.903 bits per heavy atom. The van der Waals surface area contributed by atoms with Crippen LogP contribution in [0.5, 0.6) is 0 Å². The molecule has 4 rings (SSSR count). The Bertz CT molecular complexity index is 1080. The standard InChI is InChI=1S/C26H29NO3S/c1-20-13-15-24(16-14-20)31(28,29)27-18-21(2)26(30-19-22-9-5-3-6-10-22)17-25(27)23-11-7-4-8-12-23/h3-16,21,25-26H,17-19H2,1-2H3/t21-,25+,26+/m1/s1. The number of aryl methyl sites for hydroxylation is 1. The van der Waals surface area contributed by atoms with Crippen molar-refractivity contribution in [1.29, 1.82) is 0 Å². The number of rotatable bonds is 6. The van der Waals surface area contributed by atoms with E-state index in [1.165, 1.54) is 0 Å². The average Bonchev–Trinajstić information content (AvgIpc) is 2.79. The van der Waals surface area contributed by atoms with E-state index in [2.05, 4.69) is 19.1 Å². The van der Waals surface area contributed by atoms with Crippen LogP contribution in [0.3, 0.4) is 0 Å². The van der Waals surface area contributed by atoms with Gasteiger partial charge in [-0.05, 0) is 42.5 Å². The molecule has 0 bridgehead atoms. The molecule has 0 aromatic heterocycles. The van der Waals surface area contributed by atoms with Gasteiger partial charge in [0.15, 0.2) is 0 Å². The van der Waals surface area contributed by atoms with Crippen molar-refractivity contribution in [2.24, 2.45) is 5.92 Å². The minimum atomic E-state index is -3.62. The highest BCUT2D eigenvalue weighted by molar-refractivity contribution is 7.89. The highest BCUT2D eigenvalue weighted by Crippen LogP contribution is 2.39. The third kappa shape index (κ3) is 4.90. The Labute approximate surface area is 185 Å². The van der Waals surface area contributed by atoms with Crippen LogP contribution in [0.15, 0.2) is 89.8 Å². The molecule has 31 heavy (non-hydrogen) atoms. The van der Waals surface area contributed by atoms with Gasteiger partial charge in [0.05, 0.1) is 23.6 Å². The fourth-order valence-corrected chi connectivity index (χ4v) is 5.92. The Kier molecular flexibility index (Phi) is 6.56. The zero-order valence-corrected chi connectivity index (χ0v) is 18.8. The van der Waals surface area contributed by atoms with Crippen LogP contribution < -0.4 is 0 Å². The molecule has 5 heteroatoms. The molecule has 1 aliphatic heterocycles. The topological polar surface area (TPSA) is 46.6 Å². The van der Waals surface area contributed by atoms with Gasteiger partial charge in [0, 0.05) is 6.54 Å². The molecule has 0 amide bonds. The first kappa shape index (κ1) is 21.8.